The molecule has 1 aromatic carbocycles. The number of nitrogens with two attached hydrogens (primary N) is 1. The third-order valence-corrected chi connectivity index (χ3v) is 8.68. The molecule has 2 amide bonds. The van der Waals surface area contributed by atoms with Crippen molar-refractivity contribution < 1.29 is 56.0 Å². The van der Waals surface area contributed by atoms with Crippen molar-refractivity contribution in [3.05, 3.63) is 33.7 Å². The molecule has 17 heteroatoms. The summed E-state index contributed by atoms with van der Waals surface area (Å²) in [6, 6.07) is 2.62. The van der Waals surface area contributed by atoms with E-state index in [0.29, 0.717) is 29.1 Å². The van der Waals surface area contributed by atoms with Gasteiger partial charge in [0.15, 0.2) is 5.58 Å². The van der Waals surface area contributed by atoms with Gasteiger partial charge in [0.05, 0.1) is 5.69 Å². The molecule has 1 fully saturated rings. The smallest absolute Gasteiger partial charge is 0.339 e. The van der Waals surface area contributed by atoms with Crippen molar-refractivity contribution in [2.45, 2.75) is 73.9 Å². The molecule has 2 aliphatic rings. The van der Waals surface area contributed by atoms with E-state index < -0.39 is 60.9 Å². The number of anilines is 1. The van der Waals surface area contributed by atoms with Gasteiger partial charge in [0.25, 0.3) is 11.8 Å². The number of hydrogen-bond donors (Lipinski definition) is 1. The number of nitrogen functional groups attached to an aromatic ring is 1. The summed E-state index contributed by atoms with van der Waals surface area (Å²) in [5.41, 5.74) is 4.55. The molecule has 0 radical (unpaired) electrons. The van der Waals surface area contributed by atoms with Crippen molar-refractivity contribution >= 4 is 62.4 Å². The molecule has 1 aromatic heterocycles. The summed E-state index contributed by atoms with van der Waals surface area (Å²) >= 11 is 0.564. The first kappa shape index (κ1) is 30.6. The second kappa shape index (κ2) is 12.7. The van der Waals surface area contributed by atoms with Crippen molar-refractivity contribution in [2.24, 2.45) is 0 Å². The second-order valence-electron chi connectivity index (χ2n) is 9.51. The Labute approximate surface area is 236 Å². The number of unbranched alkanes of at least 4 members (excludes halogenated alkanes) is 1. The van der Waals surface area contributed by atoms with Crippen LogP contribution in [0.4, 0.5) is 5.69 Å². The van der Waals surface area contributed by atoms with Gasteiger partial charge in [-0.3, -0.25) is 19.4 Å². The number of carbonyl (C=O) groups excluding carboxylic acids is 4. The van der Waals surface area contributed by atoms with E-state index >= 15 is 0 Å². The molecule has 2 heterocycles. The Morgan fingerprint density at radius 1 is 1.12 bits per heavy atom. The van der Waals surface area contributed by atoms with Crippen LogP contribution in [0.1, 0.15) is 68.4 Å². The fraction of sp³-hybridized carbons (Fsp3) is 0.458. The lowest BCUT2D eigenvalue weighted by atomic mass is 9.91. The van der Waals surface area contributed by atoms with E-state index in [2.05, 4.69) is 9.37 Å². The van der Waals surface area contributed by atoms with Crippen LogP contribution in [0.5, 0.6) is 0 Å². The minimum Gasteiger partial charge on any atom is -0.744 e. The highest BCUT2D eigenvalue weighted by Gasteiger charge is 2.37. The number of Topliss-reactive ketones (excluding diaryl/α,β-unsaturated/α-hetero) is 1. The summed E-state index contributed by atoms with van der Waals surface area (Å²) < 4.78 is 45.4. The van der Waals surface area contributed by atoms with E-state index in [1.807, 2.05) is 0 Å². The standard InChI is InChI=1S/C24H26N2O13S2/c25-16-8-7-14-21-13(5-6-15(21)24(31)36-22(14)23(16)41(33,34)35)17(40-39-38-32)11-12(27)3-1-2-4-20(30)37-26-18(28)9-10-19(26)29/h7-8,13,17,32H,1-6,9-11,25H2,(H,33,34,35)/p-2. The van der Waals surface area contributed by atoms with Gasteiger partial charge < -0.3 is 24.8 Å². The number of carbonyl (C=O) groups is 4. The molecule has 0 saturated carbocycles. The van der Waals surface area contributed by atoms with Crippen LogP contribution in [0.3, 0.4) is 0 Å². The van der Waals surface area contributed by atoms with Gasteiger partial charge in [-0.2, -0.15) is 4.33 Å². The van der Waals surface area contributed by atoms with Gasteiger partial charge in [-0.25, -0.2) is 18.0 Å². The molecule has 2 unspecified atom stereocenters. The first-order valence-electron chi connectivity index (χ1n) is 12.5. The van der Waals surface area contributed by atoms with Crippen LogP contribution >= 0.6 is 12.0 Å². The summed E-state index contributed by atoms with van der Waals surface area (Å²) in [4.78, 5) is 64.5. The number of imide groups is 1. The third kappa shape index (κ3) is 6.77. The molecule has 0 bridgehead atoms. The Morgan fingerprint density at radius 2 is 1.80 bits per heavy atom. The molecule has 4 rings (SSSR count). The lowest BCUT2D eigenvalue weighted by Gasteiger charge is -2.24. The zero-order valence-electron chi connectivity index (χ0n) is 21.3. The highest BCUT2D eigenvalue weighted by Crippen LogP contribution is 2.45. The van der Waals surface area contributed by atoms with Gasteiger partial charge in [0.1, 0.15) is 20.8 Å². The average molecular weight is 613 g/mol. The first-order valence-corrected chi connectivity index (χ1v) is 14.7. The van der Waals surface area contributed by atoms with Crippen molar-refractivity contribution in [3.63, 3.8) is 0 Å². The molecule has 1 aliphatic carbocycles. The monoisotopic (exact) mass is 612 g/mol. The van der Waals surface area contributed by atoms with Crippen molar-refractivity contribution in [2.75, 3.05) is 5.73 Å². The fourth-order valence-electron chi connectivity index (χ4n) is 5.09. The number of hydrogen-bond acceptors (Lipinski definition) is 15. The van der Waals surface area contributed by atoms with Crippen LogP contribution in [0, 0.1) is 0 Å². The van der Waals surface area contributed by atoms with E-state index in [1.165, 1.54) is 12.1 Å². The molecule has 222 valence electrons. The number of rotatable bonds is 13. The summed E-state index contributed by atoms with van der Waals surface area (Å²) in [6.07, 6.45) is 0.709. The van der Waals surface area contributed by atoms with Crippen LogP contribution in [0.15, 0.2) is 26.2 Å². The van der Waals surface area contributed by atoms with Gasteiger partial charge in [-0.05, 0) is 43.4 Å². The van der Waals surface area contributed by atoms with E-state index in [4.69, 9.17) is 15.0 Å². The average Bonchev–Trinajstić information content (AvgIpc) is 3.48. The highest BCUT2D eigenvalue weighted by atomic mass is 32.2. The molecule has 1 saturated heterocycles. The van der Waals surface area contributed by atoms with Crippen molar-refractivity contribution in [1.82, 2.24) is 5.06 Å². The van der Waals surface area contributed by atoms with Crippen molar-refractivity contribution in [3.8, 4) is 0 Å². The van der Waals surface area contributed by atoms with Gasteiger partial charge in [-0.1, -0.05) is 0 Å². The molecule has 41 heavy (non-hydrogen) atoms. The second-order valence-corrected chi connectivity index (χ2v) is 11.8. The number of fused-ring (bicyclic) bond motifs is 3. The fourth-order valence-corrected chi connectivity index (χ4v) is 6.61. The van der Waals surface area contributed by atoms with Gasteiger partial charge in [-0.15, -0.1) is 5.06 Å². The molecule has 2 aromatic rings. The number of benzene rings is 1. The van der Waals surface area contributed by atoms with E-state index in [0.717, 1.165) is 0 Å². The molecule has 0 spiro atoms. The Bertz CT molecular complexity index is 1540. The Hall–Kier alpha value is -3.35. The van der Waals surface area contributed by atoms with Gasteiger partial charge >= 0.3 is 11.6 Å². The summed E-state index contributed by atoms with van der Waals surface area (Å²) in [6.45, 7) is 0. The third-order valence-electron chi connectivity index (χ3n) is 6.88. The molecule has 1 aliphatic heterocycles. The predicted octanol–water partition coefficient (Wildman–Crippen LogP) is 0.676. The SMILES string of the molecule is Nc1ccc2c3c(c(=O)oc2c1S(=O)(=O)[O-])CCC3C(CC(=O)CCCCC(=O)ON1C(=O)CCC1=O)SOO[O-]. The van der Waals surface area contributed by atoms with Crippen LogP contribution < -0.4 is 16.6 Å². The molecule has 15 nitrogen and oxygen atoms in total. The maximum absolute atomic E-state index is 12.8. The molecule has 2 N–H and O–H groups in total. The summed E-state index contributed by atoms with van der Waals surface area (Å²) in [7, 11) is -5.12. The quantitative estimate of drug-likeness (QED) is 0.0478. The number of ketones is 1. The number of nitrogens with zero attached hydrogens (tertiary/aromatic N) is 1. The van der Waals surface area contributed by atoms with E-state index in [9.17, 15) is 42.2 Å². The zero-order valence-corrected chi connectivity index (χ0v) is 23.0. The zero-order chi connectivity index (χ0) is 29.9. The molecular weight excluding hydrogens is 588 g/mol. The van der Waals surface area contributed by atoms with Crippen LogP contribution in [0.2, 0.25) is 0 Å². The minimum atomic E-state index is -5.12. The Morgan fingerprint density at radius 3 is 2.46 bits per heavy atom. The lowest BCUT2D eigenvalue weighted by molar-refractivity contribution is -0.777. The maximum Gasteiger partial charge on any atom is 0.339 e. The lowest BCUT2D eigenvalue weighted by Crippen LogP contribution is -2.31. The van der Waals surface area contributed by atoms with Crippen LogP contribution in [-0.4, -0.2) is 46.9 Å². The molecule has 2 atom stereocenters. The normalized spacial score (nSPS) is 17.7. The van der Waals surface area contributed by atoms with E-state index in [-0.39, 0.29) is 68.1 Å². The van der Waals surface area contributed by atoms with E-state index in [1.54, 1.807) is 0 Å². The number of hydroxylamine groups is 2. The summed E-state index contributed by atoms with van der Waals surface area (Å²) in [5, 5.41) is 13.9. The number of amides is 2. The topological polar surface area (TPSA) is 236 Å². The largest absolute Gasteiger partial charge is 0.744 e. The van der Waals surface area contributed by atoms with Crippen LogP contribution in [0.25, 0.3) is 11.0 Å². The van der Waals surface area contributed by atoms with Crippen molar-refractivity contribution in [1.29, 1.82) is 0 Å². The van der Waals surface area contributed by atoms with Gasteiger partial charge in [0, 0.05) is 66.3 Å². The highest BCUT2D eigenvalue weighted by molar-refractivity contribution is 7.95. The Balaban J connectivity index is 1.46. The van der Waals surface area contributed by atoms with Gasteiger partial charge in [0.2, 0.25) is 0 Å². The minimum absolute atomic E-state index is 0.0243. The van der Waals surface area contributed by atoms with Crippen LogP contribution in [-0.2, 0) is 49.9 Å². The maximum atomic E-state index is 12.8. The molecular formula is C24H24N2O13S2-2. The predicted molar refractivity (Wildman–Crippen MR) is 135 cm³/mol. The summed E-state index contributed by atoms with van der Waals surface area (Å²) in [5.74, 6) is -2.86. The first-order chi connectivity index (χ1) is 19.4. The Kier molecular flexibility index (Phi) is 9.45.